The lowest BCUT2D eigenvalue weighted by Gasteiger charge is -2.09. The molecule has 0 radical (unpaired) electrons. The molecule has 2 aromatic carbocycles. The fourth-order valence-corrected chi connectivity index (χ4v) is 3.07. The molecule has 4 heteroatoms. The summed E-state index contributed by atoms with van der Waals surface area (Å²) in [4.78, 5) is 12.7. The minimum absolute atomic E-state index is 0.0308. The molecule has 3 aromatic rings. The topological polar surface area (TPSA) is 39.4 Å². The minimum atomic E-state index is -0.0308. The van der Waals surface area contributed by atoms with Crippen molar-refractivity contribution >= 4 is 37.9 Å². The van der Waals surface area contributed by atoms with Gasteiger partial charge in [0.25, 0.3) is 0 Å². The van der Waals surface area contributed by atoms with E-state index in [1.807, 2.05) is 36.4 Å². The van der Waals surface area contributed by atoms with E-state index in [4.69, 9.17) is 9.15 Å². The highest BCUT2D eigenvalue weighted by Gasteiger charge is 2.11. The first-order chi connectivity index (χ1) is 11.3. The van der Waals surface area contributed by atoms with Gasteiger partial charge in [-0.15, -0.1) is 0 Å². The van der Waals surface area contributed by atoms with E-state index in [0.717, 1.165) is 18.2 Å². The average molecular weight is 375 g/mol. The zero-order valence-electron chi connectivity index (χ0n) is 12.9. The second kappa shape index (κ2) is 7.64. The maximum atomic E-state index is 12.7. The van der Waals surface area contributed by atoms with Crippen LogP contribution in [0.1, 0.15) is 25.7 Å². The Labute approximate surface area is 143 Å². The number of rotatable bonds is 7. The molecule has 0 fully saturated rings. The molecule has 120 valence electrons. The standard InChI is InChI=1S/C19H19BrO3/c20-12-5-1-2-6-13-22-16-10-7-11-17-18(16)19(21)14-8-3-4-9-15(14)23-17/h3-4,7-11H,1-2,5-6,12-13H2. The van der Waals surface area contributed by atoms with Crippen LogP contribution in [0.15, 0.2) is 51.7 Å². The second-order valence-electron chi connectivity index (χ2n) is 5.51. The maximum absolute atomic E-state index is 12.7. The Morgan fingerprint density at radius 1 is 0.913 bits per heavy atom. The maximum Gasteiger partial charge on any atom is 0.204 e. The summed E-state index contributed by atoms with van der Waals surface area (Å²) in [5.74, 6) is 0.613. The third kappa shape index (κ3) is 3.58. The van der Waals surface area contributed by atoms with E-state index in [-0.39, 0.29) is 5.43 Å². The Hall–Kier alpha value is -1.81. The number of fused-ring (bicyclic) bond motifs is 2. The van der Waals surface area contributed by atoms with E-state index in [2.05, 4.69) is 15.9 Å². The fraction of sp³-hybridized carbons (Fsp3) is 0.316. The first kappa shape index (κ1) is 16.1. The Morgan fingerprint density at radius 3 is 2.57 bits per heavy atom. The molecule has 3 nitrogen and oxygen atoms in total. The second-order valence-corrected chi connectivity index (χ2v) is 6.30. The molecule has 23 heavy (non-hydrogen) atoms. The minimum Gasteiger partial charge on any atom is -0.493 e. The van der Waals surface area contributed by atoms with Crippen LogP contribution >= 0.6 is 15.9 Å². The largest absolute Gasteiger partial charge is 0.493 e. The van der Waals surface area contributed by atoms with Crippen molar-refractivity contribution in [2.75, 3.05) is 11.9 Å². The normalized spacial score (nSPS) is 11.2. The summed E-state index contributed by atoms with van der Waals surface area (Å²) < 4.78 is 11.7. The van der Waals surface area contributed by atoms with Crippen LogP contribution in [-0.4, -0.2) is 11.9 Å². The highest BCUT2D eigenvalue weighted by Crippen LogP contribution is 2.26. The van der Waals surface area contributed by atoms with E-state index in [1.54, 1.807) is 6.07 Å². The summed E-state index contributed by atoms with van der Waals surface area (Å²) in [6, 6.07) is 12.8. The van der Waals surface area contributed by atoms with Gasteiger partial charge >= 0.3 is 0 Å². The van der Waals surface area contributed by atoms with Crippen molar-refractivity contribution in [2.24, 2.45) is 0 Å². The molecule has 0 atom stereocenters. The molecular weight excluding hydrogens is 356 g/mol. The molecule has 0 aliphatic rings. The Bertz CT molecular complexity index is 854. The fourth-order valence-electron chi connectivity index (χ4n) is 2.67. The molecule has 0 saturated heterocycles. The SMILES string of the molecule is O=c1c2ccccc2oc2cccc(OCCCCCCBr)c12. The van der Waals surface area contributed by atoms with Crippen LogP contribution in [0.3, 0.4) is 0 Å². The number of alkyl halides is 1. The third-order valence-corrected chi connectivity index (χ3v) is 4.41. The van der Waals surface area contributed by atoms with Crippen LogP contribution < -0.4 is 10.2 Å². The van der Waals surface area contributed by atoms with Gasteiger partial charge in [-0.25, -0.2) is 0 Å². The number of para-hydroxylation sites is 1. The summed E-state index contributed by atoms with van der Waals surface area (Å²) in [5.41, 5.74) is 1.15. The first-order valence-electron chi connectivity index (χ1n) is 7.94. The number of halogens is 1. The van der Waals surface area contributed by atoms with E-state index in [9.17, 15) is 4.79 Å². The molecule has 3 rings (SSSR count). The van der Waals surface area contributed by atoms with Gasteiger partial charge in [0.2, 0.25) is 5.43 Å². The summed E-state index contributed by atoms with van der Waals surface area (Å²) in [5, 5.41) is 2.17. The van der Waals surface area contributed by atoms with E-state index < -0.39 is 0 Å². The number of hydrogen-bond donors (Lipinski definition) is 0. The van der Waals surface area contributed by atoms with Crippen molar-refractivity contribution in [3.05, 3.63) is 52.7 Å². The van der Waals surface area contributed by atoms with Crippen LogP contribution in [0.4, 0.5) is 0 Å². The van der Waals surface area contributed by atoms with Gasteiger partial charge in [-0.1, -0.05) is 47.0 Å². The summed E-state index contributed by atoms with van der Waals surface area (Å²) in [7, 11) is 0. The number of benzene rings is 2. The van der Waals surface area contributed by atoms with Gasteiger partial charge in [0.1, 0.15) is 22.3 Å². The van der Waals surface area contributed by atoms with E-state index in [1.165, 1.54) is 12.8 Å². The molecule has 0 aliphatic heterocycles. The lowest BCUT2D eigenvalue weighted by molar-refractivity contribution is 0.308. The van der Waals surface area contributed by atoms with Gasteiger partial charge < -0.3 is 9.15 Å². The Morgan fingerprint density at radius 2 is 1.70 bits per heavy atom. The predicted molar refractivity (Wildman–Crippen MR) is 97.7 cm³/mol. The molecule has 0 bridgehead atoms. The summed E-state index contributed by atoms with van der Waals surface area (Å²) in [6.07, 6.45) is 4.50. The van der Waals surface area contributed by atoms with Crippen molar-refractivity contribution < 1.29 is 9.15 Å². The van der Waals surface area contributed by atoms with Crippen LogP contribution in [0.5, 0.6) is 5.75 Å². The van der Waals surface area contributed by atoms with Crippen LogP contribution in [0.25, 0.3) is 21.9 Å². The van der Waals surface area contributed by atoms with Gasteiger partial charge in [-0.2, -0.15) is 0 Å². The van der Waals surface area contributed by atoms with E-state index >= 15 is 0 Å². The molecule has 1 heterocycles. The van der Waals surface area contributed by atoms with Crippen molar-refractivity contribution in [1.82, 2.24) is 0 Å². The molecule has 0 N–H and O–H groups in total. The van der Waals surface area contributed by atoms with Crippen molar-refractivity contribution in [2.45, 2.75) is 25.7 Å². The molecule has 1 aromatic heterocycles. The monoisotopic (exact) mass is 374 g/mol. The van der Waals surface area contributed by atoms with Gasteiger partial charge in [0.05, 0.1) is 12.0 Å². The van der Waals surface area contributed by atoms with E-state index in [0.29, 0.717) is 34.3 Å². The lowest BCUT2D eigenvalue weighted by atomic mass is 10.1. The molecule has 0 spiro atoms. The van der Waals surface area contributed by atoms with Gasteiger partial charge in [0, 0.05) is 5.33 Å². The predicted octanol–water partition coefficient (Wildman–Crippen LogP) is 5.28. The zero-order chi connectivity index (χ0) is 16.1. The number of hydrogen-bond acceptors (Lipinski definition) is 3. The summed E-state index contributed by atoms with van der Waals surface area (Å²) >= 11 is 3.43. The molecule has 0 aliphatic carbocycles. The summed E-state index contributed by atoms with van der Waals surface area (Å²) in [6.45, 7) is 0.619. The van der Waals surface area contributed by atoms with Crippen molar-refractivity contribution in [1.29, 1.82) is 0 Å². The molecule has 0 unspecified atom stereocenters. The van der Waals surface area contributed by atoms with Crippen molar-refractivity contribution in [3.63, 3.8) is 0 Å². The van der Waals surface area contributed by atoms with Crippen molar-refractivity contribution in [3.8, 4) is 5.75 Å². The van der Waals surface area contributed by atoms with Gasteiger partial charge in [-0.3, -0.25) is 4.79 Å². The number of unbranched alkanes of at least 4 members (excludes halogenated alkanes) is 3. The van der Waals surface area contributed by atoms with Crippen LogP contribution in [0, 0.1) is 0 Å². The highest BCUT2D eigenvalue weighted by molar-refractivity contribution is 9.09. The average Bonchev–Trinajstić information content (AvgIpc) is 2.58. The Kier molecular flexibility index (Phi) is 5.34. The lowest BCUT2D eigenvalue weighted by Crippen LogP contribution is -2.06. The first-order valence-corrected chi connectivity index (χ1v) is 9.07. The quantitative estimate of drug-likeness (QED) is 0.320. The molecule has 0 amide bonds. The number of ether oxygens (including phenoxy) is 1. The van der Waals surface area contributed by atoms with Crippen LogP contribution in [0.2, 0.25) is 0 Å². The molecular formula is C19H19BrO3. The highest BCUT2D eigenvalue weighted by atomic mass is 79.9. The third-order valence-electron chi connectivity index (χ3n) is 3.85. The van der Waals surface area contributed by atoms with Gasteiger partial charge in [0.15, 0.2) is 0 Å². The molecule has 0 saturated carbocycles. The zero-order valence-corrected chi connectivity index (χ0v) is 14.5. The van der Waals surface area contributed by atoms with Gasteiger partial charge in [-0.05, 0) is 37.1 Å². The Balaban J connectivity index is 1.86. The van der Waals surface area contributed by atoms with Crippen LogP contribution in [-0.2, 0) is 0 Å². The smallest absolute Gasteiger partial charge is 0.204 e.